The standard InChI is InChI=1S/C28H30F9NO7/c1-2-42-22(23(39)40)18-20-8-10-21(11-9-20)43-16-13-38(24(41)44-15-12-19-6-4-3-5-7-19)14-17-45-28(36,37)26(31,32)25(29,30)27(33,34)35/h3-11,22H,2,12-18H2,1H3,(H,39,40). The minimum Gasteiger partial charge on any atom is -0.492 e. The van der Waals surface area contributed by atoms with Crippen LogP contribution in [0.4, 0.5) is 44.3 Å². The Morgan fingerprint density at radius 1 is 0.800 bits per heavy atom. The van der Waals surface area contributed by atoms with Crippen LogP contribution in [0.5, 0.6) is 5.75 Å². The van der Waals surface area contributed by atoms with E-state index in [1.165, 1.54) is 24.3 Å². The Bertz CT molecular complexity index is 1210. The van der Waals surface area contributed by atoms with E-state index in [1.807, 2.05) is 0 Å². The van der Waals surface area contributed by atoms with Crippen molar-refractivity contribution in [3.63, 3.8) is 0 Å². The first-order valence-corrected chi connectivity index (χ1v) is 13.3. The highest BCUT2D eigenvalue weighted by atomic mass is 19.4. The molecular formula is C28H30F9NO7. The van der Waals surface area contributed by atoms with E-state index >= 15 is 0 Å². The Balaban J connectivity index is 2.04. The van der Waals surface area contributed by atoms with Gasteiger partial charge >= 0.3 is 36.2 Å². The lowest BCUT2D eigenvalue weighted by atomic mass is 10.1. The fourth-order valence-electron chi connectivity index (χ4n) is 3.65. The van der Waals surface area contributed by atoms with Crippen molar-refractivity contribution in [3.05, 3.63) is 65.7 Å². The molecule has 0 aliphatic rings. The number of aliphatic carboxylic acids is 1. The third kappa shape index (κ3) is 10.4. The molecule has 0 spiro atoms. The fraction of sp³-hybridized carbons (Fsp3) is 0.500. The summed E-state index contributed by atoms with van der Waals surface area (Å²) < 4.78 is 137. The molecule has 0 heterocycles. The molecule has 1 atom stereocenters. The number of carbonyl (C=O) groups excluding carboxylic acids is 1. The first-order chi connectivity index (χ1) is 20.9. The van der Waals surface area contributed by atoms with Crippen molar-refractivity contribution in [1.82, 2.24) is 4.90 Å². The van der Waals surface area contributed by atoms with Crippen LogP contribution in [0.2, 0.25) is 0 Å². The van der Waals surface area contributed by atoms with E-state index in [0.717, 1.165) is 5.56 Å². The Morgan fingerprint density at radius 3 is 1.96 bits per heavy atom. The molecule has 0 aliphatic heterocycles. The lowest BCUT2D eigenvalue weighted by Crippen LogP contribution is -2.62. The van der Waals surface area contributed by atoms with Gasteiger partial charge < -0.3 is 29.0 Å². The van der Waals surface area contributed by atoms with Crippen LogP contribution < -0.4 is 4.74 Å². The predicted molar refractivity (Wildman–Crippen MR) is 139 cm³/mol. The number of alkyl halides is 9. The average Bonchev–Trinajstić information content (AvgIpc) is 2.96. The van der Waals surface area contributed by atoms with Gasteiger partial charge in [-0.2, -0.15) is 39.5 Å². The van der Waals surface area contributed by atoms with Crippen LogP contribution in [-0.2, 0) is 31.8 Å². The number of carbonyl (C=O) groups is 2. The number of carboxylic acid groups (broad SMARTS) is 1. The summed E-state index contributed by atoms with van der Waals surface area (Å²) in [6, 6.07) is 14.6. The summed E-state index contributed by atoms with van der Waals surface area (Å²) in [4.78, 5) is 24.5. The second-order valence-electron chi connectivity index (χ2n) is 9.33. The fourth-order valence-corrected chi connectivity index (χ4v) is 3.65. The van der Waals surface area contributed by atoms with Crippen LogP contribution in [0.3, 0.4) is 0 Å². The van der Waals surface area contributed by atoms with Gasteiger partial charge in [0.25, 0.3) is 0 Å². The lowest BCUT2D eigenvalue weighted by Gasteiger charge is -2.33. The van der Waals surface area contributed by atoms with Crippen molar-refractivity contribution >= 4 is 12.1 Å². The molecule has 45 heavy (non-hydrogen) atoms. The number of benzene rings is 2. The molecular weight excluding hydrogens is 633 g/mol. The molecule has 2 aromatic carbocycles. The molecule has 17 heteroatoms. The van der Waals surface area contributed by atoms with Gasteiger partial charge in [-0.15, -0.1) is 0 Å². The third-order valence-corrected chi connectivity index (χ3v) is 6.10. The van der Waals surface area contributed by atoms with Gasteiger partial charge in [-0.1, -0.05) is 42.5 Å². The highest BCUT2D eigenvalue weighted by Gasteiger charge is 2.82. The predicted octanol–water partition coefficient (Wildman–Crippen LogP) is 6.22. The lowest BCUT2D eigenvalue weighted by molar-refractivity contribution is -0.443. The van der Waals surface area contributed by atoms with Crippen LogP contribution in [-0.4, -0.2) is 91.8 Å². The first kappa shape index (κ1) is 37.5. The molecule has 2 aromatic rings. The normalized spacial score (nSPS) is 13.3. The van der Waals surface area contributed by atoms with E-state index in [2.05, 4.69) is 4.74 Å². The minimum absolute atomic E-state index is 0.0463. The molecule has 2 rings (SSSR count). The van der Waals surface area contributed by atoms with E-state index in [9.17, 15) is 54.2 Å². The van der Waals surface area contributed by atoms with E-state index < -0.39 is 62.0 Å². The van der Waals surface area contributed by atoms with Gasteiger partial charge in [0.15, 0.2) is 6.10 Å². The summed E-state index contributed by atoms with van der Waals surface area (Å²) >= 11 is 0. The average molecular weight is 664 g/mol. The highest BCUT2D eigenvalue weighted by Crippen LogP contribution is 2.53. The van der Waals surface area contributed by atoms with Crippen molar-refractivity contribution < 1.29 is 73.2 Å². The number of hydrogen-bond acceptors (Lipinski definition) is 6. The number of hydrogen-bond donors (Lipinski definition) is 1. The summed E-state index contributed by atoms with van der Waals surface area (Å²) in [7, 11) is 0. The minimum atomic E-state index is -7.12. The quantitative estimate of drug-likeness (QED) is 0.189. The molecule has 1 unspecified atom stereocenters. The molecule has 1 amide bonds. The van der Waals surface area contributed by atoms with Gasteiger partial charge in [0.1, 0.15) is 12.4 Å². The largest absolute Gasteiger partial charge is 0.492 e. The molecule has 0 radical (unpaired) electrons. The maximum Gasteiger partial charge on any atom is 0.460 e. The smallest absolute Gasteiger partial charge is 0.460 e. The van der Waals surface area contributed by atoms with Crippen molar-refractivity contribution in [2.75, 3.05) is 39.5 Å². The molecule has 1 N–H and O–H groups in total. The zero-order valence-corrected chi connectivity index (χ0v) is 23.7. The molecule has 252 valence electrons. The second-order valence-corrected chi connectivity index (χ2v) is 9.33. The van der Waals surface area contributed by atoms with E-state index in [1.54, 1.807) is 37.3 Å². The van der Waals surface area contributed by atoms with Crippen molar-refractivity contribution in [1.29, 1.82) is 0 Å². The van der Waals surface area contributed by atoms with Crippen molar-refractivity contribution in [2.45, 2.75) is 50.0 Å². The summed E-state index contributed by atoms with van der Waals surface area (Å²) in [5.74, 6) is -15.0. The van der Waals surface area contributed by atoms with Gasteiger partial charge in [-0.05, 0) is 30.2 Å². The number of halogens is 9. The van der Waals surface area contributed by atoms with Gasteiger partial charge in [0.05, 0.1) is 19.8 Å². The van der Waals surface area contributed by atoms with E-state index in [0.29, 0.717) is 10.5 Å². The molecule has 0 aliphatic carbocycles. The molecule has 0 bridgehead atoms. The van der Waals surface area contributed by atoms with Crippen LogP contribution in [0, 0.1) is 0 Å². The van der Waals surface area contributed by atoms with Gasteiger partial charge in [0.2, 0.25) is 0 Å². The molecule has 8 nitrogen and oxygen atoms in total. The first-order valence-electron chi connectivity index (χ1n) is 13.3. The molecule has 0 saturated heterocycles. The van der Waals surface area contributed by atoms with E-state index in [-0.39, 0.29) is 38.4 Å². The number of ether oxygens (including phenoxy) is 4. The highest BCUT2D eigenvalue weighted by molar-refractivity contribution is 5.72. The van der Waals surface area contributed by atoms with Gasteiger partial charge in [0, 0.05) is 26.0 Å². The number of nitrogens with zero attached hydrogens (tertiary/aromatic N) is 1. The molecule has 0 aromatic heterocycles. The molecule has 0 saturated carbocycles. The Hall–Kier alpha value is -3.73. The number of rotatable bonds is 18. The summed E-state index contributed by atoms with van der Waals surface area (Å²) in [6.45, 7) is -1.76. The monoisotopic (exact) mass is 663 g/mol. The Labute approximate surface area is 251 Å². The van der Waals surface area contributed by atoms with Crippen LogP contribution in [0.1, 0.15) is 18.1 Å². The summed E-state index contributed by atoms with van der Waals surface area (Å²) in [6.07, 6.45) is -15.3. The van der Waals surface area contributed by atoms with Crippen LogP contribution in [0.25, 0.3) is 0 Å². The van der Waals surface area contributed by atoms with Gasteiger partial charge in [-0.25, -0.2) is 9.59 Å². The van der Waals surface area contributed by atoms with Crippen LogP contribution in [0.15, 0.2) is 54.6 Å². The topological polar surface area (TPSA) is 94.5 Å². The van der Waals surface area contributed by atoms with Crippen molar-refractivity contribution in [2.24, 2.45) is 0 Å². The Kier molecular flexibility index (Phi) is 13.3. The zero-order chi connectivity index (χ0) is 33.9. The molecule has 0 fully saturated rings. The summed E-state index contributed by atoms with van der Waals surface area (Å²) in [5, 5.41) is 9.20. The SMILES string of the molecule is CCOC(Cc1ccc(OCCN(CCOC(F)(F)C(F)(F)C(F)(F)C(F)(F)F)C(=O)OCCc2ccccc2)cc1)C(=O)O. The van der Waals surface area contributed by atoms with Gasteiger partial charge in [-0.3, -0.25) is 0 Å². The maximum atomic E-state index is 13.8. The third-order valence-electron chi connectivity index (χ3n) is 6.10. The van der Waals surface area contributed by atoms with E-state index in [4.69, 9.17) is 14.2 Å². The maximum absolute atomic E-state index is 13.8. The number of amides is 1. The Morgan fingerprint density at radius 2 is 1.40 bits per heavy atom. The second kappa shape index (κ2) is 16.0. The summed E-state index contributed by atoms with van der Waals surface area (Å²) in [5.41, 5.74) is 1.34. The van der Waals surface area contributed by atoms with Crippen LogP contribution >= 0.6 is 0 Å². The van der Waals surface area contributed by atoms with Crippen molar-refractivity contribution in [3.8, 4) is 5.75 Å². The zero-order valence-electron chi connectivity index (χ0n) is 23.7. The number of carboxylic acids is 1.